The first-order valence-corrected chi connectivity index (χ1v) is 7.80. The normalized spacial score (nSPS) is 18.0. The molecule has 0 unspecified atom stereocenters. The highest BCUT2D eigenvalue weighted by atomic mass is 16.2. The second kappa shape index (κ2) is 7.94. The van der Waals surface area contributed by atoms with Gasteiger partial charge in [-0.05, 0) is 32.6 Å². The Balaban J connectivity index is 1.77. The lowest BCUT2D eigenvalue weighted by Gasteiger charge is -2.17. The average Bonchev–Trinajstić information content (AvgIpc) is 2.85. The van der Waals surface area contributed by atoms with E-state index in [9.17, 15) is 9.59 Å². The Morgan fingerprint density at radius 2 is 2.05 bits per heavy atom. The van der Waals surface area contributed by atoms with Crippen LogP contribution >= 0.6 is 0 Å². The average molecular weight is 303 g/mol. The molecule has 1 N–H and O–H groups in total. The molecule has 0 saturated carbocycles. The molecule has 1 aromatic rings. The van der Waals surface area contributed by atoms with Crippen LogP contribution in [-0.4, -0.2) is 55.3 Å². The lowest BCUT2D eigenvalue weighted by molar-refractivity contribution is -0.129. The van der Waals surface area contributed by atoms with Gasteiger partial charge in [-0.2, -0.15) is 0 Å². The van der Waals surface area contributed by atoms with Crippen LogP contribution in [0.25, 0.3) is 0 Å². The number of hydrogen-bond donors (Lipinski definition) is 1. The Bertz CT molecular complexity index is 502. The summed E-state index contributed by atoms with van der Waals surface area (Å²) in [5.74, 6) is -0.143. The second-order valence-electron chi connectivity index (χ2n) is 6.11. The zero-order valence-electron chi connectivity index (χ0n) is 13.4. The van der Waals surface area contributed by atoms with Crippen molar-refractivity contribution in [3.8, 4) is 0 Å². The molecule has 2 amide bonds. The van der Waals surface area contributed by atoms with Crippen LogP contribution in [0.2, 0.25) is 0 Å². The summed E-state index contributed by atoms with van der Waals surface area (Å²) >= 11 is 0. The Kier molecular flexibility index (Phi) is 5.95. The van der Waals surface area contributed by atoms with Crippen molar-refractivity contribution >= 4 is 11.8 Å². The van der Waals surface area contributed by atoms with Crippen molar-refractivity contribution < 1.29 is 9.59 Å². The molecule has 1 fully saturated rings. The molecule has 5 heteroatoms. The predicted molar refractivity (Wildman–Crippen MR) is 86.1 cm³/mol. The van der Waals surface area contributed by atoms with E-state index in [1.807, 2.05) is 44.4 Å². The Morgan fingerprint density at radius 3 is 2.73 bits per heavy atom. The molecule has 0 aromatic heterocycles. The Hall–Kier alpha value is -1.88. The fraction of sp³-hybridized carbons (Fsp3) is 0.529. The van der Waals surface area contributed by atoms with Gasteiger partial charge in [0, 0.05) is 26.1 Å². The summed E-state index contributed by atoms with van der Waals surface area (Å²) in [5.41, 5.74) is 1.10. The van der Waals surface area contributed by atoms with E-state index in [0.717, 1.165) is 18.5 Å². The largest absolute Gasteiger partial charge is 0.356 e. The third kappa shape index (κ3) is 4.84. The molecule has 0 spiro atoms. The number of nitrogens with zero attached hydrogens (tertiary/aromatic N) is 2. The summed E-state index contributed by atoms with van der Waals surface area (Å²) in [6, 6.07) is 9.89. The van der Waals surface area contributed by atoms with Gasteiger partial charge < -0.3 is 15.1 Å². The minimum atomic E-state index is -0.212. The van der Waals surface area contributed by atoms with Gasteiger partial charge in [0.1, 0.15) is 0 Å². The van der Waals surface area contributed by atoms with Gasteiger partial charge in [-0.25, -0.2) is 0 Å². The molecule has 1 aliphatic rings. The highest BCUT2D eigenvalue weighted by Crippen LogP contribution is 2.20. The molecule has 1 atom stereocenters. The van der Waals surface area contributed by atoms with Gasteiger partial charge in [-0.3, -0.25) is 9.59 Å². The Labute approximate surface area is 132 Å². The number of carbonyl (C=O) groups excluding carboxylic acids is 2. The van der Waals surface area contributed by atoms with Gasteiger partial charge >= 0.3 is 0 Å². The quantitative estimate of drug-likeness (QED) is 0.768. The van der Waals surface area contributed by atoms with Crippen LogP contribution in [0.1, 0.15) is 18.4 Å². The summed E-state index contributed by atoms with van der Waals surface area (Å²) in [7, 11) is 4.03. The second-order valence-corrected chi connectivity index (χ2v) is 6.11. The molecule has 22 heavy (non-hydrogen) atoms. The van der Waals surface area contributed by atoms with Gasteiger partial charge in [0.25, 0.3) is 0 Å². The molecule has 0 radical (unpaired) electrons. The maximum Gasteiger partial charge on any atom is 0.225 e. The molecular weight excluding hydrogens is 278 g/mol. The van der Waals surface area contributed by atoms with E-state index >= 15 is 0 Å². The first-order chi connectivity index (χ1) is 10.6. The van der Waals surface area contributed by atoms with E-state index in [4.69, 9.17) is 0 Å². The molecule has 120 valence electrons. The molecule has 1 saturated heterocycles. The topological polar surface area (TPSA) is 52.7 Å². The predicted octanol–water partition coefficient (Wildman–Crippen LogP) is 1.10. The number of nitrogens with one attached hydrogen (secondary N) is 1. The fourth-order valence-corrected chi connectivity index (χ4v) is 2.66. The number of carbonyl (C=O) groups is 2. The van der Waals surface area contributed by atoms with Gasteiger partial charge in [0.2, 0.25) is 11.8 Å². The number of amides is 2. The fourth-order valence-electron chi connectivity index (χ4n) is 2.66. The van der Waals surface area contributed by atoms with Crippen LogP contribution < -0.4 is 5.32 Å². The summed E-state index contributed by atoms with van der Waals surface area (Å²) in [6.07, 6.45) is 1.25. The zero-order valence-corrected chi connectivity index (χ0v) is 13.4. The van der Waals surface area contributed by atoms with Crippen LogP contribution in [0, 0.1) is 5.92 Å². The van der Waals surface area contributed by atoms with E-state index in [1.165, 1.54) is 0 Å². The van der Waals surface area contributed by atoms with Crippen molar-refractivity contribution in [2.45, 2.75) is 19.4 Å². The maximum absolute atomic E-state index is 12.1. The molecule has 1 aromatic carbocycles. The third-order valence-electron chi connectivity index (χ3n) is 3.88. The van der Waals surface area contributed by atoms with E-state index in [-0.39, 0.29) is 17.7 Å². The first kappa shape index (κ1) is 16.5. The van der Waals surface area contributed by atoms with Crippen LogP contribution in [-0.2, 0) is 16.1 Å². The van der Waals surface area contributed by atoms with Gasteiger partial charge in [-0.15, -0.1) is 0 Å². The lowest BCUT2D eigenvalue weighted by atomic mass is 10.1. The van der Waals surface area contributed by atoms with Crippen molar-refractivity contribution in [3.63, 3.8) is 0 Å². The Morgan fingerprint density at radius 1 is 1.32 bits per heavy atom. The lowest BCUT2D eigenvalue weighted by Crippen LogP contribution is -2.34. The van der Waals surface area contributed by atoms with Gasteiger partial charge in [0.15, 0.2) is 0 Å². The maximum atomic E-state index is 12.1. The van der Waals surface area contributed by atoms with Crippen molar-refractivity contribution in [1.82, 2.24) is 15.1 Å². The molecule has 2 rings (SSSR count). The van der Waals surface area contributed by atoms with Crippen molar-refractivity contribution in [1.29, 1.82) is 0 Å². The molecule has 1 heterocycles. The minimum absolute atomic E-state index is 0.00247. The molecule has 5 nitrogen and oxygen atoms in total. The molecule has 0 bridgehead atoms. The first-order valence-electron chi connectivity index (χ1n) is 7.80. The van der Waals surface area contributed by atoms with Crippen molar-refractivity contribution in [2.75, 3.05) is 33.7 Å². The SMILES string of the molecule is CN(C)CCCNC(=O)[C@@H]1CC(=O)N(Cc2ccccc2)C1. The van der Waals surface area contributed by atoms with Crippen molar-refractivity contribution in [3.05, 3.63) is 35.9 Å². The smallest absolute Gasteiger partial charge is 0.225 e. The summed E-state index contributed by atoms with van der Waals surface area (Å²) in [5, 5.41) is 2.94. The van der Waals surface area contributed by atoms with E-state index in [1.54, 1.807) is 4.90 Å². The van der Waals surface area contributed by atoms with E-state index < -0.39 is 0 Å². The highest BCUT2D eigenvalue weighted by molar-refractivity contribution is 5.89. The standard InChI is InChI=1S/C17H25N3O2/c1-19(2)10-6-9-18-17(22)15-11-16(21)20(13-15)12-14-7-4-3-5-8-14/h3-5,7-8,15H,6,9-13H2,1-2H3,(H,18,22)/t15-/m1/s1. The summed E-state index contributed by atoms with van der Waals surface area (Å²) < 4.78 is 0. The van der Waals surface area contributed by atoms with Crippen molar-refractivity contribution in [2.24, 2.45) is 5.92 Å². The van der Waals surface area contributed by atoms with E-state index in [2.05, 4.69) is 10.2 Å². The van der Waals surface area contributed by atoms with Crippen LogP contribution in [0.4, 0.5) is 0 Å². The minimum Gasteiger partial charge on any atom is -0.356 e. The number of hydrogen-bond acceptors (Lipinski definition) is 3. The van der Waals surface area contributed by atoms with Gasteiger partial charge in [-0.1, -0.05) is 30.3 Å². The number of benzene rings is 1. The molecule has 0 aliphatic carbocycles. The number of rotatable bonds is 7. The zero-order chi connectivity index (χ0) is 15.9. The number of likely N-dealkylation sites (tertiary alicyclic amines) is 1. The van der Waals surface area contributed by atoms with Gasteiger partial charge in [0.05, 0.1) is 5.92 Å². The summed E-state index contributed by atoms with van der Waals surface area (Å²) in [6.45, 7) is 2.72. The van der Waals surface area contributed by atoms with Crippen LogP contribution in [0.15, 0.2) is 30.3 Å². The molecular formula is C17H25N3O2. The molecule has 1 aliphatic heterocycles. The van der Waals surface area contributed by atoms with Crippen LogP contribution in [0.5, 0.6) is 0 Å². The van der Waals surface area contributed by atoms with Crippen LogP contribution in [0.3, 0.4) is 0 Å². The monoisotopic (exact) mass is 303 g/mol. The van der Waals surface area contributed by atoms with E-state index in [0.29, 0.717) is 26.1 Å². The third-order valence-corrected chi connectivity index (χ3v) is 3.88. The highest BCUT2D eigenvalue weighted by Gasteiger charge is 2.33. The summed E-state index contributed by atoms with van der Waals surface area (Å²) in [4.78, 5) is 28.0.